The molecule has 4 aromatic carbocycles. The molecule has 5 rings (SSSR count). The van der Waals surface area contributed by atoms with Crippen LogP contribution in [0.2, 0.25) is 0 Å². The molecule has 39 heavy (non-hydrogen) atoms. The van der Waals surface area contributed by atoms with E-state index < -0.39 is 0 Å². The highest BCUT2D eigenvalue weighted by molar-refractivity contribution is 5.95. The minimum atomic E-state index is 0.599. The summed E-state index contributed by atoms with van der Waals surface area (Å²) in [5, 5.41) is 9.38. The van der Waals surface area contributed by atoms with Gasteiger partial charge in [0.05, 0.1) is 44.3 Å². The Morgan fingerprint density at radius 3 is 1.85 bits per heavy atom. The summed E-state index contributed by atoms with van der Waals surface area (Å²) in [6, 6.07) is 34.2. The van der Waals surface area contributed by atoms with E-state index in [1.165, 1.54) is 5.56 Å². The summed E-state index contributed by atoms with van der Waals surface area (Å²) in [7, 11) is 4.92. The lowest BCUT2D eigenvalue weighted by atomic mass is 9.89. The summed E-state index contributed by atoms with van der Waals surface area (Å²) >= 11 is 0. The van der Waals surface area contributed by atoms with Gasteiger partial charge in [0.2, 0.25) is 0 Å². The number of hydrogen-bond acceptors (Lipinski definition) is 5. The van der Waals surface area contributed by atoms with Gasteiger partial charge in [0.25, 0.3) is 0 Å². The van der Waals surface area contributed by atoms with E-state index in [1.54, 1.807) is 21.3 Å². The first kappa shape index (κ1) is 25.6. The summed E-state index contributed by atoms with van der Waals surface area (Å²) < 4.78 is 16.5. The van der Waals surface area contributed by atoms with E-state index in [0.29, 0.717) is 17.1 Å². The van der Waals surface area contributed by atoms with Crippen molar-refractivity contribution in [3.8, 4) is 68.1 Å². The molecule has 5 nitrogen and oxygen atoms in total. The molecular weight excluding hydrogens is 484 g/mol. The van der Waals surface area contributed by atoms with Crippen molar-refractivity contribution in [1.29, 1.82) is 5.26 Å². The molecule has 0 fully saturated rings. The Morgan fingerprint density at radius 2 is 1.23 bits per heavy atom. The van der Waals surface area contributed by atoms with Gasteiger partial charge in [0.15, 0.2) is 11.5 Å². The smallest absolute Gasteiger partial charge is 0.161 e. The van der Waals surface area contributed by atoms with Crippen LogP contribution in [0.5, 0.6) is 17.2 Å². The lowest BCUT2D eigenvalue weighted by Gasteiger charge is -2.19. The predicted octanol–water partition coefficient (Wildman–Crippen LogP) is 7.96. The van der Waals surface area contributed by atoms with Crippen LogP contribution in [0.3, 0.4) is 0 Å². The quantitative estimate of drug-likeness (QED) is 0.221. The van der Waals surface area contributed by atoms with Crippen molar-refractivity contribution in [2.24, 2.45) is 0 Å². The summed E-state index contributed by atoms with van der Waals surface area (Å²) in [6.07, 6.45) is 0. The van der Waals surface area contributed by atoms with Crippen molar-refractivity contribution in [2.75, 3.05) is 21.3 Å². The summed E-state index contributed by atoms with van der Waals surface area (Å²) in [5.41, 5.74) is 9.29. The normalized spacial score (nSPS) is 10.5. The molecule has 0 N–H and O–H groups in total. The van der Waals surface area contributed by atoms with E-state index in [-0.39, 0.29) is 0 Å². The van der Waals surface area contributed by atoms with Crippen molar-refractivity contribution in [3.05, 3.63) is 108 Å². The first-order valence-electron chi connectivity index (χ1n) is 12.5. The zero-order chi connectivity index (χ0) is 27.4. The maximum atomic E-state index is 9.38. The van der Waals surface area contributed by atoms with E-state index in [2.05, 4.69) is 43.3 Å². The number of ether oxygens (including phenoxy) is 3. The summed E-state index contributed by atoms with van der Waals surface area (Å²) in [6.45, 7) is 2.07. The summed E-state index contributed by atoms with van der Waals surface area (Å²) in [4.78, 5) is 5.21. The van der Waals surface area contributed by atoms with Crippen LogP contribution in [0.1, 0.15) is 11.1 Å². The van der Waals surface area contributed by atoms with Gasteiger partial charge in [0, 0.05) is 16.7 Å². The highest BCUT2D eigenvalue weighted by atomic mass is 16.5. The Kier molecular flexibility index (Phi) is 7.29. The topological polar surface area (TPSA) is 64.4 Å². The molecular formula is C34H28N2O3. The van der Waals surface area contributed by atoms with Crippen molar-refractivity contribution < 1.29 is 14.2 Å². The largest absolute Gasteiger partial charge is 0.497 e. The van der Waals surface area contributed by atoms with Crippen LogP contribution in [-0.4, -0.2) is 26.3 Å². The zero-order valence-corrected chi connectivity index (χ0v) is 22.4. The van der Waals surface area contributed by atoms with E-state index in [0.717, 1.165) is 50.5 Å². The fraction of sp³-hybridized carbons (Fsp3) is 0.118. The molecule has 0 amide bonds. The molecule has 0 unspecified atom stereocenters. The van der Waals surface area contributed by atoms with Gasteiger partial charge < -0.3 is 14.2 Å². The summed E-state index contributed by atoms with van der Waals surface area (Å²) in [5.74, 6) is 2.09. The van der Waals surface area contributed by atoms with Crippen molar-refractivity contribution >= 4 is 0 Å². The second-order valence-electron chi connectivity index (χ2n) is 9.13. The predicted molar refractivity (Wildman–Crippen MR) is 155 cm³/mol. The van der Waals surface area contributed by atoms with Crippen LogP contribution in [0.25, 0.3) is 44.8 Å². The van der Waals surface area contributed by atoms with E-state index in [4.69, 9.17) is 19.2 Å². The molecule has 0 aliphatic carbocycles. The van der Waals surface area contributed by atoms with Crippen LogP contribution in [0, 0.1) is 18.3 Å². The third-order valence-electron chi connectivity index (χ3n) is 6.73. The van der Waals surface area contributed by atoms with Gasteiger partial charge in [-0.2, -0.15) is 5.26 Å². The van der Waals surface area contributed by atoms with E-state index in [9.17, 15) is 5.26 Å². The number of methoxy groups -OCH3 is 3. The minimum Gasteiger partial charge on any atom is -0.497 e. The molecule has 192 valence electrons. The molecule has 0 bridgehead atoms. The molecule has 0 saturated heterocycles. The van der Waals surface area contributed by atoms with Crippen molar-refractivity contribution in [2.45, 2.75) is 6.92 Å². The lowest BCUT2D eigenvalue weighted by molar-refractivity contribution is 0.355. The number of nitriles is 1. The Hall–Kier alpha value is -5.08. The van der Waals surface area contributed by atoms with Gasteiger partial charge in [-0.3, -0.25) is 0 Å². The van der Waals surface area contributed by atoms with Gasteiger partial charge in [-0.05, 0) is 78.2 Å². The lowest BCUT2D eigenvalue weighted by Crippen LogP contribution is -1.98. The number of nitrogens with zero attached hydrogens (tertiary/aromatic N) is 2. The average molecular weight is 513 g/mol. The molecule has 5 heteroatoms. The van der Waals surface area contributed by atoms with Crippen LogP contribution in [0.15, 0.2) is 97.1 Å². The highest BCUT2D eigenvalue weighted by Crippen LogP contribution is 2.43. The third-order valence-corrected chi connectivity index (χ3v) is 6.73. The standard InChI is InChI=1S/C34H28N2O3/c1-22-5-9-25(10-6-22)33-29(27-15-18-31(38-3)32(19-27)39-4)20-30(24-13-16-28(37-2)17-14-24)36-34(33)26-11-7-23(21-35)8-12-26/h5-20H,1-4H3. The Morgan fingerprint density at radius 1 is 0.615 bits per heavy atom. The number of rotatable bonds is 7. The Balaban J connectivity index is 1.85. The molecule has 0 spiro atoms. The maximum absolute atomic E-state index is 9.38. The van der Waals surface area contributed by atoms with Gasteiger partial charge >= 0.3 is 0 Å². The maximum Gasteiger partial charge on any atom is 0.161 e. The van der Waals surface area contributed by atoms with Gasteiger partial charge in [-0.25, -0.2) is 4.98 Å². The van der Waals surface area contributed by atoms with Gasteiger partial charge in [-0.15, -0.1) is 0 Å². The van der Waals surface area contributed by atoms with Crippen molar-refractivity contribution in [1.82, 2.24) is 4.98 Å². The number of pyridine rings is 1. The fourth-order valence-electron chi connectivity index (χ4n) is 4.61. The van der Waals surface area contributed by atoms with Gasteiger partial charge in [-0.1, -0.05) is 48.0 Å². The molecule has 0 saturated carbocycles. The van der Waals surface area contributed by atoms with Gasteiger partial charge in [0.1, 0.15) is 5.75 Å². The molecule has 1 aromatic heterocycles. The molecule has 0 aliphatic heterocycles. The minimum absolute atomic E-state index is 0.599. The zero-order valence-electron chi connectivity index (χ0n) is 22.4. The number of hydrogen-bond donors (Lipinski definition) is 0. The molecule has 0 aliphatic rings. The number of aromatic nitrogens is 1. The van der Waals surface area contributed by atoms with E-state index in [1.807, 2.05) is 66.7 Å². The van der Waals surface area contributed by atoms with Crippen LogP contribution >= 0.6 is 0 Å². The Bertz CT molecular complexity index is 1650. The average Bonchev–Trinajstić information content (AvgIpc) is 3.00. The Labute approximate surface area is 228 Å². The molecule has 1 heterocycles. The third kappa shape index (κ3) is 5.18. The number of aryl methyl sites for hydroxylation is 1. The van der Waals surface area contributed by atoms with Crippen LogP contribution in [0.4, 0.5) is 0 Å². The molecule has 5 aromatic rings. The van der Waals surface area contributed by atoms with Crippen LogP contribution < -0.4 is 14.2 Å². The first-order chi connectivity index (χ1) is 19.0. The molecule has 0 atom stereocenters. The monoisotopic (exact) mass is 512 g/mol. The highest BCUT2D eigenvalue weighted by Gasteiger charge is 2.20. The second kappa shape index (κ2) is 11.1. The molecule has 0 radical (unpaired) electrons. The first-order valence-corrected chi connectivity index (χ1v) is 12.5. The fourth-order valence-corrected chi connectivity index (χ4v) is 4.61. The SMILES string of the molecule is COc1ccc(-c2cc(-c3ccc(OC)c(OC)c3)c(-c3ccc(C)cc3)c(-c3ccc(C#N)cc3)n2)cc1. The number of benzene rings is 4. The van der Waals surface area contributed by atoms with Crippen molar-refractivity contribution in [3.63, 3.8) is 0 Å². The van der Waals surface area contributed by atoms with Crippen LogP contribution in [-0.2, 0) is 0 Å². The van der Waals surface area contributed by atoms with E-state index >= 15 is 0 Å². The second-order valence-corrected chi connectivity index (χ2v) is 9.13.